The van der Waals surface area contributed by atoms with Crippen molar-refractivity contribution in [2.75, 3.05) is 43.9 Å². The summed E-state index contributed by atoms with van der Waals surface area (Å²) in [4.78, 5) is 38.0. The molecular weight excluding hydrogens is 586 g/mol. The highest BCUT2D eigenvalue weighted by atomic mass is 127. The van der Waals surface area contributed by atoms with E-state index in [1.807, 2.05) is 12.1 Å². The highest BCUT2D eigenvalue weighted by molar-refractivity contribution is 14.1. The van der Waals surface area contributed by atoms with E-state index in [0.29, 0.717) is 32.6 Å². The lowest BCUT2D eigenvalue weighted by atomic mass is 9.88. The summed E-state index contributed by atoms with van der Waals surface area (Å²) in [5, 5.41) is 6.97. The Balaban J connectivity index is 1.79. The molecule has 196 valence electrons. The molecule has 0 spiro atoms. The van der Waals surface area contributed by atoms with Crippen LogP contribution < -0.4 is 10.6 Å². The molecule has 1 aliphatic rings. The van der Waals surface area contributed by atoms with Crippen LogP contribution in [0.4, 0.5) is 21.6 Å². The second kappa shape index (κ2) is 11.4. The third kappa shape index (κ3) is 6.24. The smallest absolute Gasteiger partial charge is 0.231 e. The SMILES string of the molecule is CC(=O)CC(=O)Nc1cc2c(Nc3ccc(F)c(CI)c3)ncnc2cc1C(C)(C)N1CCN(C)CC1. The first-order valence-electron chi connectivity index (χ1n) is 12.2. The van der Waals surface area contributed by atoms with Crippen LogP contribution in [0.3, 0.4) is 0 Å². The lowest BCUT2D eigenvalue weighted by molar-refractivity contribution is -0.124. The van der Waals surface area contributed by atoms with Gasteiger partial charge < -0.3 is 15.5 Å². The van der Waals surface area contributed by atoms with Crippen LogP contribution in [0, 0.1) is 5.82 Å². The van der Waals surface area contributed by atoms with Crippen molar-refractivity contribution in [3.8, 4) is 0 Å². The number of halogens is 2. The molecule has 2 N–H and O–H groups in total. The summed E-state index contributed by atoms with van der Waals surface area (Å²) in [6, 6.07) is 8.72. The molecular formula is C27H32FIN6O2. The first-order valence-corrected chi connectivity index (χ1v) is 13.7. The summed E-state index contributed by atoms with van der Waals surface area (Å²) in [5.74, 6) is -0.272. The number of fused-ring (bicyclic) bond motifs is 1. The van der Waals surface area contributed by atoms with E-state index in [9.17, 15) is 14.0 Å². The average Bonchev–Trinajstić information content (AvgIpc) is 2.85. The maximum atomic E-state index is 14.0. The molecule has 1 aromatic heterocycles. The zero-order chi connectivity index (χ0) is 26.7. The van der Waals surface area contributed by atoms with Gasteiger partial charge in [0.25, 0.3) is 0 Å². The van der Waals surface area contributed by atoms with Gasteiger partial charge in [-0.1, -0.05) is 22.6 Å². The number of likely N-dealkylation sites (N-methyl/N-ethyl adjacent to an activating group) is 1. The summed E-state index contributed by atoms with van der Waals surface area (Å²) >= 11 is 2.13. The number of piperazine rings is 1. The van der Waals surface area contributed by atoms with Crippen molar-refractivity contribution in [1.82, 2.24) is 19.8 Å². The van der Waals surface area contributed by atoms with Crippen molar-refractivity contribution < 1.29 is 14.0 Å². The summed E-state index contributed by atoms with van der Waals surface area (Å²) < 4.78 is 14.6. The Hall–Kier alpha value is -2.70. The van der Waals surface area contributed by atoms with Crippen LogP contribution in [0.15, 0.2) is 36.7 Å². The normalized spacial score (nSPS) is 15.1. The first kappa shape index (κ1) is 27.3. The summed E-state index contributed by atoms with van der Waals surface area (Å²) in [6.45, 7) is 9.38. The fourth-order valence-corrected chi connectivity index (χ4v) is 5.24. The van der Waals surface area contributed by atoms with Gasteiger partial charge in [0, 0.05) is 52.9 Å². The van der Waals surface area contributed by atoms with Crippen LogP contribution in [0.5, 0.6) is 0 Å². The number of aromatic nitrogens is 2. The lowest BCUT2D eigenvalue weighted by Crippen LogP contribution is -2.52. The Labute approximate surface area is 230 Å². The molecule has 8 nitrogen and oxygen atoms in total. The van der Waals surface area contributed by atoms with Gasteiger partial charge in [0.05, 0.1) is 11.9 Å². The van der Waals surface area contributed by atoms with Crippen molar-refractivity contribution in [2.45, 2.75) is 37.2 Å². The van der Waals surface area contributed by atoms with Gasteiger partial charge in [-0.2, -0.15) is 0 Å². The van der Waals surface area contributed by atoms with E-state index in [2.05, 4.69) is 73.9 Å². The van der Waals surface area contributed by atoms with Gasteiger partial charge in [-0.25, -0.2) is 14.4 Å². The number of benzene rings is 2. The zero-order valence-corrected chi connectivity index (χ0v) is 23.7. The van der Waals surface area contributed by atoms with Gasteiger partial charge >= 0.3 is 0 Å². The van der Waals surface area contributed by atoms with Crippen LogP contribution in [-0.4, -0.2) is 64.7 Å². The number of Topliss-reactive ketones (excluding diaryl/α,β-unsaturated/α-hetero) is 1. The molecule has 1 saturated heterocycles. The quantitative estimate of drug-likeness (QED) is 0.212. The highest BCUT2D eigenvalue weighted by Crippen LogP contribution is 2.38. The number of rotatable bonds is 8. The fraction of sp³-hybridized carbons (Fsp3) is 0.407. The Kier molecular flexibility index (Phi) is 8.39. The molecule has 37 heavy (non-hydrogen) atoms. The molecule has 1 aliphatic heterocycles. The van der Waals surface area contributed by atoms with E-state index in [1.54, 1.807) is 12.1 Å². The fourth-order valence-electron chi connectivity index (χ4n) is 4.66. The molecule has 0 unspecified atom stereocenters. The second-order valence-corrected chi connectivity index (χ2v) is 10.7. The first-order chi connectivity index (χ1) is 17.6. The zero-order valence-electron chi connectivity index (χ0n) is 21.6. The Morgan fingerprint density at radius 2 is 1.84 bits per heavy atom. The molecule has 1 fully saturated rings. The van der Waals surface area contributed by atoms with E-state index in [0.717, 1.165) is 37.3 Å². The standard InChI is InChI=1S/C27H32FIN6O2/c1-17(36)11-25(37)33-24-13-20-23(14-21(24)27(2,3)35-9-7-34(4)8-10-35)30-16-31-26(20)32-19-5-6-22(28)18(12-19)15-29/h5-6,12-14,16H,7-11,15H2,1-4H3,(H,33,37)(H,30,31,32). The van der Waals surface area contributed by atoms with Crippen molar-refractivity contribution >= 4 is 62.4 Å². The average molecular weight is 618 g/mol. The van der Waals surface area contributed by atoms with Crippen molar-refractivity contribution in [2.24, 2.45) is 0 Å². The van der Waals surface area contributed by atoms with E-state index in [-0.39, 0.29) is 23.9 Å². The van der Waals surface area contributed by atoms with Crippen molar-refractivity contribution in [3.63, 3.8) is 0 Å². The van der Waals surface area contributed by atoms with Gasteiger partial charge in [0.1, 0.15) is 23.7 Å². The van der Waals surface area contributed by atoms with Gasteiger partial charge in [-0.15, -0.1) is 0 Å². The number of nitrogens with one attached hydrogen (secondary N) is 2. The number of ketones is 1. The number of nitrogens with zero attached hydrogens (tertiary/aromatic N) is 4. The summed E-state index contributed by atoms with van der Waals surface area (Å²) in [6.07, 6.45) is 1.30. The predicted octanol–water partition coefficient (Wildman–Crippen LogP) is 4.85. The number of anilines is 3. The van der Waals surface area contributed by atoms with E-state index in [1.165, 1.54) is 19.3 Å². The molecule has 0 atom stereocenters. The number of alkyl halides is 1. The summed E-state index contributed by atoms with van der Waals surface area (Å²) in [5.41, 5.74) is 3.15. The van der Waals surface area contributed by atoms with Gasteiger partial charge in [-0.3, -0.25) is 14.5 Å². The third-order valence-electron chi connectivity index (χ3n) is 6.86. The van der Waals surface area contributed by atoms with E-state index < -0.39 is 5.54 Å². The van der Waals surface area contributed by atoms with Gasteiger partial charge in [0.2, 0.25) is 5.91 Å². The summed E-state index contributed by atoms with van der Waals surface area (Å²) in [7, 11) is 2.11. The minimum atomic E-state index is -0.404. The number of hydrogen-bond acceptors (Lipinski definition) is 7. The predicted molar refractivity (Wildman–Crippen MR) is 153 cm³/mol. The Morgan fingerprint density at radius 1 is 1.11 bits per heavy atom. The van der Waals surface area contributed by atoms with E-state index >= 15 is 0 Å². The Bertz CT molecular complexity index is 1320. The second-order valence-electron chi connectivity index (χ2n) is 9.98. The number of carbonyl (C=O) groups is 2. The van der Waals surface area contributed by atoms with Crippen molar-refractivity contribution in [1.29, 1.82) is 0 Å². The molecule has 0 aliphatic carbocycles. The Morgan fingerprint density at radius 3 is 2.51 bits per heavy atom. The minimum absolute atomic E-state index is 0.197. The van der Waals surface area contributed by atoms with Crippen LogP contribution in [0.1, 0.15) is 38.3 Å². The number of carbonyl (C=O) groups excluding carboxylic acids is 2. The van der Waals surface area contributed by atoms with Crippen LogP contribution >= 0.6 is 22.6 Å². The lowest BCUT2D eigenvalue weighted by Gasteiger charge is -2.44. The van der Waals surface area contributed by atoms with E-state index in [4.69, 9.17) is 0 Å². The van der Waals surface area contributed by atoms with Gasteiger partial charge in [-0.05, 0) is 69.3 Å². The molecule has 2 aromatic carbocycles. The number of hydrogen-bond donors (Lipinski definition) is 2. The minimum Gasteiger partial charge on any atom is -0.340 e. The molecule has 1 amide bonds. The molecule has 10 heteroatoms. The van der Waals surface area contributed by atoms with Crippen LogP contribution in [0.2, 0.25) is 0 Å². The number of amides is 1. The van der Waals surface area contributed by atoms with Crippen LogP contribution in [-0.2, 0) is 19.6 Å². The maximum Gasteiger partial charge on any atom is 0.231 e. The molecule has 0 saturated carbocycles. The highest BCUT2D eigenvalue weighted by Gasteiger charge is 2.33. The maximum absolute atomic E-state index is 14.0. The largest absolute Gasteiger partial charge is 0.340 e. The molecule has 2 heterocycles. The topological polar surface area (TPSA) is 90.5 Å². The van der Waals surface area contributed by atoms with Crippen LogP contribution in [0.25, 0.3) is 10.9 Å². The molecule has 0 radical (unpaired) electrons. The molecule has 4 rings (SSSR count). The molecule has 3 aromatic rings. The third-order valence-corrected chi connectivity index (χ3v) is 7.69. The van der Waals surface area contributed by atoms with Crippen molar-refractivity contribution in [3.05, 3.63) is 53.6 Å². The van der Waals surface area contributed by atoms with Gasteiger partial charge in [0.15, 0.2) is 0 Å². The molecule has 0 bridgehead atoms. The monoisotopic (exact) mass is 618 g/mol.